The van der Waals surface area contributed by atoms with E-state index < -0.39 is 64.6 Å². The zero-order chi connectivity index (χ0) is 23.9. The topological polar surface area (TPSA) is 103 Å². The number of carbonyl (C=O) groups excluding carboxylic acids is 1. The van der Waals surface area contributed by atoms with Crippen LogP contribution in [-0.2, 0) is 20.4 Å². The Balaban J connectivity index is 1.60. The molecule has 33 heavy (non-hydrogen) atoms. The quantitative estimate of drug-likeness (QED) is 0.736. The van der Waals surface area contributed by atoms with Gasteiger partial charge in [-0.25, -0.2) is 4.79 Å². The second-order valence-electron chi connectivity index (χ2n) is 9.20. The van der Waals surface area contributed by atoms with Crippen molar-refractivity contribution in [3.05, 3.63) is 29.3 Å². The molecule has 4 fully saturated rings. The molecule has 2 amide bonds. The maximum Gasteiger partial charge on any atom is 0.417 e. The summed E-state index contributed by atoms with van der Waals surface area (Å²) in [5.41, 5.74) is -3.58. The lowest BCUT2D eigenvalue weighted by atomic mass is 9.63. The van der Waals surface area contributed by atoms with E-state index in [9.17, 15) is 27.9 Å². The molecule has 6 atom stereocenters. The van der Waals surface area contributed by atoms with Gasteiger partial charge in [0.25, 0.3) is 0 Å². The van der Waals surface area contributed by atoms with Crippen molar-refractivity contribution in [1.29, 1.82) is 5.26 Å². The largest absolute Gasteiger partial charge is 0.465 e. The number of carbonyl (C=O) groups is 2. The first kappa shape index (κ1) is 22.0. The fourth-order valence-electron chi connectivity index (χ4n) is 6.52. The molecular weight excluding hydrogens is 443 g/mol. The van der Waals surface area contributed by atoms with Crippen LogP contribution in [0, 0.1) is 23.2 Å². The third-order valence-electron chi connectivity index (χ3n) is 7.76. The first-order valence-electron chi connectivity index (χ1n) is 10.7. The van der Waals surface area contributed by atoms with Gasteiger partial charge in [-0.15, -0.1) is 0 Å². The maximum absolute atomic E-state index is 13.7. The van der Waals surface area contributed by atoms with Crippen LogP contribution in [0.2, 0.25) is 0 Å². The first-order valence-corrected chi connectivity index (χ1v) is 10.7. The SMILES string of the molecule is CCN(C(=O)O)[C@H]1C[C@@]23CCO[C@H]4[C@@H]2[C@H](C(=O)N4c2ccc(C#N)c(C(F)(F)F)c2)[C@]1(C)O3. The molecule has 8 nitrogen and oxygen atoms in total. The van der Waals surface area contributed by atoms with Crippen molar-refractivity contribution >= 4 is 17.7 Å². The van der Waals surface area contributed by atoms with Crippen LogP contribution in [0.4, 0.5) is 23.7 Å². The molecule has 0 radical (unpaired) electrons. The van der Waals surface area contributed by atoms with Gasteiger partial charge >= 0.3 is 12.3 Å². The second-order valence-corrected chi connectivity index (χ2v) is 9.20. The van der Waals surface area contributed by atoms with Crippen LogP contribution in [0.25, 0.3) is 0 Å². The number of fused-ring (bicyclic) bond motifs is 2. The zero-order valence-corrected chi connectivity index (χ0v) is 17.9. The number of likely N-dealkylation sites (N-methyl/N-ethyl adjacent to an activating group) is 1. The van der Waals surface area contributed by atoms with E-state index in [2.05, 4.69) is 0 Å². The molecule has 1 aromatic rings. The smallest absolute Gasteiger partial charge is 0.417 e. The van der Waals surface area contributed by atoms with Gasteiger partial charge in [0, 0.05) is 31.0 Å². The number of nitrogens with zero attached hydrogens (tertiary/aromatic N) is 3. The minimum absolute atomic E-state index is 0.00657. The Labute approximate surface area is 187 Å². The monoisotopic (exact) mass is 465 g/mol. The third kappa shape index (κ3) is 2.77. The Morgan fingerprint density at radius 1 is 1.42 bits per heavy atom. The molecule has 176 valence electrons. The molecule has 4 saturated heterocycles. The number of benzene rings is 1. The Bertz CT molecular complexity index is 1090. The van der Waals surface area contributed by atoms with Gasteiger partial charge in [0.1, 0.15) is 6.23 Å². The lowest BCUT2D eigenvalue weighted by Gasteiger charge is -2.44. The van der Waals surface area contributed by atoms with Crippen LogP contribution in [0.1, 0.15) is 37.8 Å². The summed E-state index contributed by atoms with van der Waals surface area (Å²) < 4.78 is 53.1. The summed E-state index contributed by atoms with van der Waals surface area (Å²) >= 11 is 0. The van der Waals surface area contributed by atoms with E-state index in [0.717, 1.165) is 12.1 Å². The van der Waals surface area contributed by atoms with E-state index in [1.165, 1.54) is 15.9 Å². The number of halogens is 3. The number of amides is 2. The highest BCUT2D eigenvalue weighted by atomic mass is 19.4. The summed E-state index contributed by atoms with van der Waals surface area (Å²) in [6, 6.07) is 4.16. The highest BCUT2D eigenvalue weighted by Gasteiger charge is 2.78. The predicted molar refractivity (Wildman–Crippen MR) is 106 cm³/mol. The Kier molecular flexibility index (Phi) is 4.55. The van der Waals surface area contributed by atoms with Gasteiger partial charge in [-0.1, -0.05) is 0 Å². The molecule has 5 rings (SSSR count). The first-order chi connectivity index (χ1) is 15.5. The third-order valence-corrected chi connectivity index (χ3v) is 7.76. The van der Waals surface area contributed by atoms with Gasteiger partial charge < -0.3 is 19.5 Å². The molecule has 2 bridgehead atoms. The molecule has 0 aromatic heterocycles. The maximum atomic E-state index is 13.7. The van der Waals surface area contributed by atoms with E-state index in [-0.39, 0.29) is 18.8 Å². The summed E-state index contributed by atoms with van der Waals surface area (Å²) in [7, 11) is 0. The molecule has 1 spiro atoms. The van der Waals surface area contributed by atoms with Crippen molar-refractivity contribution in [3.63, 3.8) is 0 Å². The van der Waals surface area contributed by atoms with Crippen molar-refractivity contribution in [3.8, 4) is 6.07 Å². The molecule has 1 N–H and O–H groups in total. The van der Waals surface area contributed by atoms with Crippen molar-refractivity contribution < 1.29 is 37.3 Å². The average molecular weight is 465 g/mol. The van der Waals surface area contributed by atoms with Crippen LogP contribution in [0.3, 0.4) is 0 Å². The van der Waals surface area contributed by atoms with Crippen molar-refractivity contribution in [2.24, 2.45) is 11.8 Å². The lowest BCUT2D eigenvalue weighted by Crippen LogP contribution is -2.58. The Morgan fingerprint density at radius 2 is 2.15 bits per heavy atom. The van der Waals surface area contributed by atoms with Crippen LogP contribution in [0.15, 0.2) is 18.2 Å². The average Bonchev–Trinajstić information content (AvgIpc) is 3.31. The summed E-state index contributed by atoms with van der Waals surface area (Å²) in [5, 5.41) is 18.8. The number of alkyl halides is 3. The van der Waals surface area contributed by atoms with E-state index in [1.54, 1.807) is 19.9 Å². The molecule has 4 heterocycles. The van der Waals surface area contributed by atoms with E-state index in [4.69, 9.17) is 14.7 Å². The lowest BCUT2D eigenvalue weighted by molar-refractivity contribution is -0.141. The Morgan fingerprint density at radius 3 is 2.76 bits per heavy atom. The molecule has 0 saturated carbocycles. The normalized spacial score (nSPS) is 36.6. The Hall–Kier alpha value is -2.84. The predicted octanol–water partition coefficient (Wildman–Crippen LogP) is 3.20. The minimum Gasteiger partial charge on any atom is -0.465 e. The van der Waals surface area contributed by atoms with Crippen LogP contribution in [0.5, 0.6) is 0 Å². The second kappa shape index (κ2) is 6.84. The van der Waals surface area contributed by atoms with Gasteiger partial charge in [-0.2, -0.15) is 18.4 Å². The molecule has 4 aliphatic rings. The van der Waals surface area contributed by atoms with E-state index in [1.807, 2.05) is 0 Å². The zero-order valence-electron chi connectivity index (χ0n) is 17.9. The fraction of sp³-hybridized carbons (Fsp3) is 0.591. The van der Waals surface area contributed by atoms with Crippen molar-refractivity contribution in [2.45, 2.75) is 56.3 Å². The summed E-state index contributed by atoms with van der Waals surface area (Å²) in [5.74, 6) is -1.65. The van der Waals surface area contributed by atoms with Gasteiger partial charge in [0.05, 0.1) is 47.0 Å². The molecule has 1 aromatic carbocycles. The highest BCUT2D eigenvalue weighted by Crippen LogP contribution is 2.66. The number of ether oxygens (including phenoxy) is 2. The number of nitriles is 1. The van der Waals surface area contributed by atoms with Gasteiger partial charge in [0.15, 0.2) is 0 Å². The van der Waals surface area contributed by atoms with Crippen LogP contribution >= 0.6 is 0 Å². The molecule has 0 aliphatic carbocycles. The van der Waals surface area contributed by atoms with E-state index >= 15 is 0 Å². The van der Waals surface area contributed by atoms with Gasteiger partial charge in [-0.3, -0.25) is 9.69 Å². The van der Waals surface area contributed by atoms with Gasteiger partial charge in [-0.05, 0) is 32.0 Å². The summed E-state index contributed by atoms with van der Waals surface area (Å²) in [4.78, 5) is 28.1. The number of anilines is 1. The van der Waals surface area contributed by atoms with Crippen molar-refractivity contribution in [1.82, 2.24) is 4.90 Å². The van der Waals surface area contributed by atoms with E-state index in [0.29, 0.717) is 12.8 Å². The number of hydrogen-bond donors (Lipinski definition) is 1. The number of carboxylic acid groups (broad SMARTS) is 1. The molecule has 11 heteroatoms. The fourth-order valence-corrected chi connectivity index (χ4v) is 6.52. The standard InChI is InChI=1S/C22H22F3N3O5/c1-3-27(19(30)31)14-9-21-6-7-32-18-16(21)15(20(14,2)33-21)17(29)28(18)12-5-4-11(10-26)13(8-12)22(23,24)25/h4-5,8,14-16,18H,3,6-7,9H2,1-2H3,(H,30,31)/t14-,15+,16-,18-,20+,21-/m0/s1. The molecule has 4 aliphatic heterocycles. The van der Waals surface area contributed by atoms with Gasteiger partial charge in [0.2, 0.25) is 5.91 Å². The highest BCUT2D eigenvalue weighted by molar-refractivity contribution is 6.00. The number of hydrogen-bond acceptors (Lipinski definition) is 5. The minimum atomic E-state index is -4.77. The molecular formula is C22H22F3N3O5. The molecule has 0 unspecified atom stereocenters. The number of rotatable bonds is 3. The van der Waals surface area contributed by atoms with Crippen LogP contribution in [-0.4, -0.2) is 58.6 Å². The summed E-state index contributed by atoms with van der Waals surface area (Å²) in [6.07, 6.45) is -5.84. The van der Waals surface area contributed by atoms with Crippen LogP contribution < -0.4 is 4.90 Å². The summed E-state index contributed by atoms with van der Waals surface area (Å²) in [6.45, 7) is 3.87. The van der Waals surface area contributed by atoms with Crippen molar-refractivity contribution in [2.75, 3.05) is 18.1 Å².